The van der Waals surface area contributed by atoms with Crippen LogP contribution in [0.15, 0.2) is 23.8 Å². The first-order valence-corrected chi connectivity index (χ1v) is 10.9. The van der Waals surface area contributed by atoms with Crippen LogP contribution in [0.2, 0.25) is 0 Å². The van der Waals surface area contributed by atoms with Gasteiger partial charge in [-0.25, -0.2) is 0 Å². The average Bonchev–Trinajstić information content (AvgIpc) is 2.75. The summed E-state index contributed by atoms with van der Waals surface area (Å²) in [6.07, 6.45) is 8.67. The molecule has 1 rings (SSSR count). The number of allylic oxidation sites excluding steroid dienone is 4. The highest BCUT2D eigenvalue weighted by atomic mass is 16.4. The van der Waals surface area contributed by atoms with Gasteiger partial charge in [-0.3, -0.25) is 19.7 Å². The number of hydrogen-bond donors (Lipinski definition) is 6. The fourth-order valence-corrected chi connectivity index (χ4v) is 3.47. The Labute approximate surface area is 184 Å². The molecular formula is C22H37N3O6. The molecule has 1 aliphatic carbocycles. The third-order valence-electron chi connectivity index (χ3n) is 5.46. The van der Waals surface area contributed by atoms with E-state index in [-0.39, 0.29) is 38.1 Å². The Hall–Kier alpha value is -2.23. The summed E-state index contributed by atoms with van der Waals surface area (Å²) in [5, 5.41) is 36.6. The molecule has 4 unspecified atom stereocenters. The molecule has 0 aromatic heterocycles. The molecule has 176 valence electrons. The van der Waals surface area contributed by atoms with Gasteiger partial charge in [0.2, 0.25) is 5.91 Å². The van der Waals surface area contributed by atoms with E-state index in [1.165, 1.54) is 5.57 Å². The summed E-state index contributed by atoms with van der Waals surface area (Å²) in [4.78, 5) is 34.3. The normalized spacial score (nSPS) is 18.7. The third kappa shape index (κ3) is 11.7. The monoisotopic (exact) mass is 439 g/mol. The fourth-order valence-electron chi connectivity index (χ4n) is 3.47. The zero-order valence-electron chi connectivity index (χ0n) is 18.5. The molecule has 9 nitrogen and oxygen atoms in total. The van der Waals surface area contributed by atoms with Gasteiger partial charge >= 0.3 is 11.9 Å². The van der Waals surface area contributed by atoms with Crippen molar-refractivity contribution in [1.82, 2.24) is 16.0 Å². The molecule has 4 atom stereocenters. The summed E-state index contributed by atoms with van der Waals surface area (Å²) >= 11 is 0. The second-order valence-electron chi connectivity index (χ2n) is 7.90. The fraction of sp³-hybridized carbons (Fsp3) is 0.682. The maximum atomic E-state index is 12.4. The van der Waals surface area contributed by atoms with Crippen molar-refractivity contribution in [2.75, 3.05) is 13.6 Å². The van der Waals surface area contributed by atoms with Crippen molar-refractivity contribution in [2.45, 2.75) is 76.6 Å². The summed E-state index contributed by atoms with van der Waals surface area (Å²) < 4.78 is 0. The molecule has 9 heteroatoms. The Morgan fingerprint density at radius 2 is 1.81 bits per heavy atom. The number of hydrogen-bond acceptors (Lipinski definition) is 6. The lowest BCUT2D eigenvalue weighted by atomic mass is 9.92. The van der Waals surface area contributed by atoms with Gasteiger partial charge in [0.15, 0.2) is 0 Å². The van der Waals surface area contributed by atoms with Gasteiger partial charge < -0.3 is 26.0 Å². The van der Waals surface area contributed by atoms with E-state index in [4.69, 9.17) is 10.2 Å². The number of aliphatic carboxylic acids is 2. The Morgan fingerprint density at radius 1 is 1.13 bits per heavy atom. The number of carboxylic acid groups (broad SMARTS) is 2. The molecule has 0 aromatic carbocycles. The first kappa shape index (κ1) is 26.8. The predicted octanol–water partition coefficient (Wildman–Crippen LogP) is 1.39. The highest BCUT2D eigenvalue weighted by Crippen LogP contribution is 2.22. The molecule has 0 spiro atoms. The standard InChI is InChI=1S/C22H37N3O6/c1-3-15-4-6-16(7-5-15)8-11-19(26)25-17(9-12-20(27)28)14-24-18(22(31)23-2)10-13-21(29)30/h4-6,16-18,22-24,31H,3,7-14H2,1-2H3,(H,25,26)(H,27,28)(H,29,30). The Bertz CT molecular complexity index is 649. The van der Waals surface area contributed by atoms with Gasteiger partial charge in [-0.15, -0.1) is 0 Å². The number of rotatable bonds is 16. The number of carboxylic acids is 2. The zero-order valence-corrected chi connectivity index (χ0v) is 18.5. The maximum absolute atomic E-state index is 12.4. The molecule has 0 saturated carbocycles. The lowest BCUT2D eigenvalue weighted by molar-refractivity contribution is -0.138. The van der Waals surface area contributed by atoms with E-state index >= 15 is 0 Å². The lowest BCUT2D eigenvalue weighted by Gasteiger charge is -2.27. The van der Waals surface area contributed by atoms with Gasteiger partial charge in [0.1, 0.15) is 6.23 Å². The minimum absolute atomic E-state index is 0.100. The van der Waals surface area contributed by atoms with Gasteiger partial charge in [0.25, 0.3) is 0 Å². The van der Waals surface area contributed by atoms with Crippen molar-refractivity contribution < 1.29 is 29.7 Å². The van der Waals surface area contributed by atoms with Crippen LogP contribution in [0, 0.1) is 5.92 Å². The van der Waals surface area contributed by atoms with Gasteiger partial charge in [-0.1, -0.05) is 30.7 Å². The van der Waals surface area contributed by atoms with Crippen LogP contribution in [0.4, 0.5) is 0 Å². The maximum Gasteiger partial charge on any atom is 0.303 e. The molecule has 31 heavy (non-hydrogen) atoms. The van der Waals surface area contributed by atoms with E-state index in [0.29, 0.717) is 18.8 Å². The predicted molar refractivity (Wildman–Crippen MR) is 117 cm³/mol. The molecule has 0 bridgehead atoms. The third-order valence-corrected chi connectivity index (χ3v) is 5.46. The number of nitrogens with one attached hydrogen (secondary N) is 3. The second-order valence-corrected chi connectivity index (χ2v) is 7.90. The number of aliphatic hydroxyl groups is 1. The molecule has 1 amide bonds. The van der Waals surface area contributed by atoms with E-state index in [2.05, 4.69) is 41.1 Å². The molecule has 0 fully saturated rings. The SMILES string of the molecule is CCC1=CCC(CCC(=O)NC(CCC(=O)O)CNC(CCC(=O)O)C(O)NC)C=C1. The number of carbonyl (C=O) groups is 3. The average molecular weight is 440 g/mol. The minimum Gasteiger partial charge on any atom is -0.481 e. The summed E-state index contributed by atoms with van der Waals surface area (Å²) in [5.41, 5.74) is 1.31. The Morgan fingerprint density at radius 3 is 2.35 bits per heavy atom. The second kappa shape index (κ2) is 14.7. The van der Waals surface area contributed by atoms with E-state index in [9.17, 15) is 19.5 Å². The van der Waals surface area contributed by atoms with Crippen LogP contribution < -0.4 is 16.0 Å². The molecule has 0 heterocycles. The van der Waals surface area contributed by atoms with E-state index in [1.807, 2.05) is 0 Å². The number of carbonyl (C=O) groups excluding carboxylic acids is 1. The minimum atomic E-state index is -0.969. The van der Waals surface area contributed by atoms with E-state index in [0.717, 1.165) is 12.8 Å². The summed E-state index contributed by atoms with van der Waals surface area (Å²) in [6.45, 7) is 2.34. The smallest absolute Gasteiger partial charge is 0.303 e. The molecule has 1 aliphatic rings. The summed E-state index contributed by atoms with van der Waals surface area (Å²) in [6, 6.07) is -0.981. The number of amides is 1. The summed E-state index contributed by atoms with van der Waals surface area (Å²) in [7, 11) is 1.56. The number of likely N-dealkylation sites (N-methyl/N-ethyl adjacent to an activating group) is 1. The molecule has 0 aliphatic heterocycles. The van der Waals surface area contributed by atoms with Crippen LogP contribution >= 0.6 is 0 Å². The number of aliphatic hydroxyl groups excluding tert-OH is 1. The van der Waals surface area contributed by atoms with Gasteiger partial charge in [0.05, 0.1) is 0 Å². The van der Waals surface area contributed by atoms with Crippen molar-refractivity contribution in [3.63, 3.8) is 0 Å². The van der Waals surface area contributed by atoms with E-state index in [1.54, 1.807) is 7.05 Å². The van der Waals surface area contributed by atoms with Gasteiger partial charge in [-0.2, -0.15) is 0 Å². The van der Waals surface area contributed by atoms with Crippen molar-refractivity contribution in [3.8, 4) is 0 Å². The molecule has 0 radical (unpaired) electrons. The van der Waals surface area contributed by atoms with Crippen molar-refractivity contribution in [2.24, 2.45) is 5.92 Å². The van der Waals surface area contributed by atoms with Crippen molar-refractivity contribution in [1.29, 1.82) is 0 Å². The quantitative estimate of drug-likeness (QED) is 0.198. The van der Waals surface area contributed by atoms with Crippen LogP contribution in [0.25, 0.3) is 0 Å². The highest BCUT2D eigenvalue weighted by Gasteiger charge is 2.21. The van der Waals surface area contributed by atoms with Crippen molar-refractivity contribution in [3.05, 3.63) is 23.8 Å². The Kier molecular flexibility index (Phi) is 12.7. The van der Waals surface area contributed by atoms with Gasteiger partial charge in [0, 0.05) is 37.9 Å². The van der Waals surface area contributed by atoms with Gasteiger partial charge in [-0.05, 0) is 45.1 Å². The molecular weight excluding hydrogens is 402 g/mol. The summed E-state index contributed by atoms with van der Waals surface area (Å²) in [5.74, 6) is -1.75. The van der Waals surface area contributed by atoms with Crippen LogP contribution in [-0.2, 0) is 14.4 Å². The molecule has 6 N–H and O–H groups in total. The zero-order chi connectivity index (χ0) is 23.2. The van der Waals surface area contributed by atoms with Crippen LogP contribution in [0.1, 0.15) is 58.3 Å². The molecule has 0 saturated heterocycles. The lowest BCUT2D eigenvalue weighted by Crippen LogP contribution is -2.51. The topological polar surface area (TPSA) is 148 Å². The van der Waals surface area contributed by atoms with Crippen LogP contribution in [-0.4, -0.2) is 65.1 Å². The first-order valence-electron chi connectivity index (χ1n) is 10.9. The highest BCUT2D eigenvalue weighted by molar-refractivity contribution is 5.76. The molecule has 0 aromatic rings. The van der Waals surface area contributed by atoms with Crippen LogP contribution in [0.3, 0.4) is 0 Å². The Balaban J connectivity index is 2.56. The van der Waals surface area contributed by atoms with Crippen molar-refractivity contribution >= 4 is 17.8 Å². The van der Waals surface area contributed by atoms with Crippen LogP contribution in [0.5, 0.6) is 0 Å². The first-order chi connectivity index (χ1) is 14.7. The van der Waals surface area contributed by atoms with E-state index < -0.39 is 30.3 Å². The largest absolute Gasteiger partial charge is 0.481 e.